The molecule has 6 heteroatoms. The third kappa shape index (κ3) is 3.48. The molecule has 0 aliphatic heterocycles. The SMILES string of the molecule is COc1ccc(-c2nc(COCc3nccs3)co2)cc1. The van der Waals surface area contributed by atoms with Crippen molar-refractivity contribution in [3.05, 3.63) is 52.8 Å². The molecule has 0 radical (unpaired) electrons. The van der Waals surface area contributed by atoms with Gasteiger partial charge in [0.1, 0.15) is 22.7 Å². The normalized spacial score (nSPS) is 10.7. The summed E-state index contributed by atoms with van der Waals surface area (Å²) in [5, 5.41) is 2.88. The van der Waals surface area contributed by atoms with Crippen LogP contribution in [0.2, 0.25) is 0 Å². The molecule has 0 unspecified atom stereocenters. The Bertz CT molecular complexity index is 677. The van der Waals surface area contributed by atoms with Crippen molar-refractivity contribution in [1.29, 1.82) is 0 Å². The van der Waals surface area contributed by atoms with Crippen LogP contribution in [-0.4, -0.2) is 17.1 Å². The number of hydrogen-bond acceptors (Lipinski definition) is 6. The highest BCUT2D eigenvalue weighted by Gasteiger charge is 2.07. The Morgan fingerprint density at radius 3 is 2.76 bits per heavy atom. The fourth-order valence-electron chi connectivity index (χ4n) is 1.81. The fourth-order valence-corrected chi connectivity index (χ4v) is 2.36. The largest absolute Gasteiger partial charge is 0.497 e. The summed E-state index contributed by atoms with van der Waals surface area (Å²) >= 11 is 1.57. The average molecular weight is 302 g/mol. The molecule has 0 bridgehead atoms. The molecule has 21 heavy (non-hydrogen) atoms. The highest BCUT2D eigenvalue weighted by atomic mass is 32.1. The summed E-state index contributed by atoms with van der Waals surface area (Å²) in [7, 11) is 1.64. The summed E-state index contributed by atoms with van der Waals surface area (Å²) in [6.07, 6.45) is 3.38. The van der Waals surface area contributed by atoms with Gasteiger partial charge in [-0.3, -0.25) is 0 Å². The lowest BCUT2D eigenvalue weighted by atomic mass is 10.2. The maximum Gasteiger partial charge on any atom is 0.226 e. The summed E-state index contributed by atoms with van der Waals surface area (Å²) in [6.45, 7) is 0.891. The summed E-state index contributed by atoms with van der Waals surface area (Å²) < 4.78 is 16.1. The average Bonchev–Trinajstić information content (AvgIpc) is 3.19. The second kappa shape index (κ2) is 6.51. The molecular formula is C15H14N2O3S. The Morgan fingerprint density at radius 2 is 2.05 bits per heavy atom. The quantitative estimate of drug-likeness (QED) is 0.697. The second-order valence-corrected chi connectivity index (χ2v) is 5.27. The first kappa shape index (κ1) is 13.8. The van der Waals surface area contributed by atoms with Crippen LogP contribution < -0.4 is 4.74 Å². The number of hydrogen-bond donors (Lipinski definition) is 0. The van der Waals surface area contributed by atoms with Gasteiger partial charge in [0.2, 0.25) is 5.89 Å². The molecule has 3 rings (SSSR count). The van der Waals surface area contributed by atoms with Crippen molar-refractivity contribution in [1.82, 2.24) is 9.97 Å². The van der Waals surface area contributed by atoms with Gasteiger partial charge in [0.05, 0.1) is 20.3 Å². The van der Waals surface area contributed by atoms with Crippen LogP contribution in [0.1, 0.15) is 10.7 Å². The van der Waals surface area contributed by atoms with Crippen molar-refractivity contribution in [2.45, 2.75) is 13.2 Å². The third-order valence-electron chi connectivity index (χ3n) is 2.85. The lowest BCUT2D eigenvalue weighted by Crippen LogP contribution is -1.93. The first-order chi connectivity index (χ1) is 10.3. The van der Waals surface area contributed by atoms with Crippen LogP contribution in [0.3, 0.4) is 0 Å². The van der Waals surface area contributed by atoms with E-state index in [0.29, 0.717) is 19.1 Å². The zero-order chi connectivity index (χ0) is 14.5. The topological polar surface area (TPSA) is 57.4 Å². The molecule has 0 atom stereocenters. The predicted molar refractivity (Wildman–Crippen MR) is 79.1 cm³/mol. The lowest BCUT2D eigenvalue weighted by molar-refractivity contribution is 0.104. The van der Waals surface area contributed by atoms with Crippen LogP contribution >= 0.6 is 11.3 Å². The molecule has 0 spiro atoms. The first-order valence-corrected chi connectivity index (χ1v) is 7.28. The van der Waals surface area contributed by atoms with E-state index in [2.05, 4.69) is 9.97 Å². The number of aromatic nitrogens is 2. The Hall–Kier alpha value is -2.18. The maximum atomic E-state index is 5.56. The molecule has 5 nitrogen and oxygen atoms in total. The predicted octanol–water partition coefficient (Wildman–Crippen LogP) is 3.52. The number of benzene rings is 1. The Kier molecular flexibility index (Phi) is 4.28. The number of rotatable bonds is 6. The summed E-state index contributed by atoms with van der Waals surface area (Å²) in [6, 6.07) is 7.56. The Balaban J connectivity index is 1.60. The van der Waals surface area contributed by atoms with Gasteiger partial charge in [-0.05, 0) is 24.3 Å². The first-order valence-electron chi connectivity index (χ1n) is 6.40. The van der Waals surface area contributed by atoms with Crippen molar-refractivity contribution in [3.8, 4) is 17.2 Å². The summed E-state index contributed by atoms with van der Waals surface area (Å²) in [5.41, 5.74) is 1.67. The standard InChI is InChI=1S/C15H14N2O3S/c1-18-13-4-2-11(3-5-13)15-17-12(9-20-15)8-19-10-14-16-6-7-21-14/h2-7,9H,8,10H2,1H3. The lowest BCUT2D eigenvalue weighted by Gasteiger charge is -1.99. The van der Waals surface area contributed by atoms with Crippen LogP contribution in [0.25, 0.3) is 11.5 Å². The van der Waals surface area contributed by atoms with Gasteiger partial charge in [0.15, 0.2) is 0 Å². The van der Waals surface area contributed by atoms with Crippen LogP contribution in [-0.2, 0) is 18.0 Å². The Labute approximate surface area is 126 Å². The van der Waals surface area contributed by atoms with E-state index in [0.717, 1.165) is 22.0 Å². The molecule has 0 saturated heterocycles. The Morgan fingerprint density at radius 1 is 1.19 bits per heavy atom. The van der Waals surface area contributed by atoms with E-state index in [-0.39, 0.29) is 0 Å². The molecule has 0 aliphatic carbocycles. The van der Waals surface area contributed by atoms with E-state index in [9.17, 15) is 0 Å². The summed E-state index contributed by atoms with van der Waals surface area (Å²) in [5.74, 6) is 1.38. The van der Waals surface area contributed by atoms with Crippen molar-refractivity contribution in [2.75, 3.05) is 7.11 Å². The number of ether oxygens (including phenoxy) is 2. The minimum atomic E-state index is 0.402. The minimum Gasteiger partial charge on any atom is -0.497 e. The molecule has 2 heterocycles. The monoisotopic (exact) mass is 302 g/mol. The van der Waals surface area contributed by atoms with E-state index in [1.807, 2.05) is 29.6 Å². The molecule has 2 aromatic heterocycles. The molecule has 0 amide bonds. The van der Waals surface area contributed by atoms with E-state index < -0.39 is 0 Å². The maximum absolute atomic E-state index is 5.56. The van der Waals surface area contributed by atoms with E-state index in [1.165, 1.54) is 0 Å². The van der Waals surface area contributed by atoms with Crippen molar-refractivity contribution in [3.63, 3.8) is 0 Å². The van der Waals surface area contributed by atoms with E-state index >= 15 is 0 Å². The van der Waals surface area contributed by atoms with E-state index in [1.54, 1.807) is 30.9 Å². The highest BCUT2D eigenvalue weighted by Crippen LogP contribution is 2.22. The highest BCUT2D eigenvalue weighted by molar-refractivity contribution is 7.09. The minimum absolute atomic E-state index is 0.402. The van der Waals surface area contributed by atoms with Crippen LogP contribution in [0.5, 0.6) is 5.75 Å². The molecule has 108 valence electrons. The van der Waals surface area contributed by atoms with Crippen LogP contribution in [0.4, 0.5) is 0 Å². The van der Waals surface area contributed by atoms with Crippen molar-refractivity contribution >= 4 is 11.3 Å². The van der Waals surface area contributed by atoms with Gasteiger partial charge in [-0.1, -0.05) is 0 Å². The molecule has 0 aliphatic rings. The second-order valence-electron chi connectivity index (χ2n) is 4.29. The zero-order valence-corrected chi connectivity index (χ0v) is 12.3. The third-order valence-corrected chi connectivity index (χ3v) is 3.60. The van der Waals surface area contributed by atoms with E-state index in [4.69, 9.17) is 13.9 Å². The molecular weight excluding hydrogens is 288 g/mol. The molecule has 0 fully saturated rings. The number of nitrogens with zero attached hydrogens (tertiary/aromatic N) is 2. The van der Waals surface area contributed by atoms with Gasteiger partial charge >= 0.3 is 0 Å². The molecule has 1 aromatic carbocycles. The number of thiazole rings is 1. The molecule has 0 N–H and O–H groups in total. The molecule has 3 aromatic rings. The van der Waals surface area contributed by atoms with Crippen LogP contribution in [0.15, 0.2) is 46.5 Å². The van der Waals surface area contributed by atoms with Gasteiger partial charge in [-0.15, -0.1) is 11.3 Å². The summed E-state index contributed by atoms with van der Waals surface area (Å²) in [4.78, 5) is 8.56. The van der Waals surface area contributed by atoms with Crippen LogP contribution in [0, 0.1) is 0 Å². The van der Waals surface area contributed by atoms with Gasteiger partial charge < -0.3 is 13.9 Å². The zero-order valence-electron chi connectivity index (χ0n) is 11.5. The fraction of sp³-hybridized carbons (Fsp3) is 0.200. The van der Waals surface area contributed by atoms with Gasteiger partial charge in [-0.2, -0.15) is 0 Å². The molecule has 0 saturated carbocycles. The van der Waals surface area contributed by atoms with Crippen molar-refractivity contribution < 1.29 is 13.9 Å². The number of methoxy groups -OCH3 is 1. The van der Waals surface area contributed by atoms with Gasteiger partial charge in [0.25, 0.3) is 0 Å². The van der Waals surface area contributed by atoms with Crippen molar-refractivity contribution in [2.24, 2.45) is 0 Å². The smallest absolute Gasteiger partial charge is 0.226 e. The van der Waals surface area contributed by atoms with Gasteiger partial charge in [-0.25, -0.2) is 9.97 Å². The van der Waals surface area contributed by atoms with Gasteiger partial charge in [0, 0.05) is 17.1 Å². The number of oxazole rings is 1.